The Kier molecular flexibility index (Phi) is 4.76. The van der Waals surface area contributed by atoms with Crippen LogP contribution in [0.4, 0.5) is 0 Å². The van der Waals surface area contributed by atoms with Crippen molar-refractivity contribution in [1.82, 2.24) is 10.4 Å². The minimum absolute atomic E-state index is 0.130. The van der Waals surface area contributed by atoms with Crippen LogP contribution in [0, 0.1) is 0 Å². The molecule has 1 aliphatic heterocycles. The number of hydrogen-bond donors (Lipinski definition) is 2. The number of benzene rings is 1. The maximum absolute atomic E-state index is 5.87. The van der Waals surface area contributed by atoms with E-state index in [-0.39, 0.29) is 6.04 Å². The Morgan fingerprint density at radius 1 is 1.29 bits per heavy atom. The molecule has 0 radical (unpaired) electrons. The molecule has 94 valence electrons. The maximum atomic E-state index is 5.87. The lowest BCUT2D eigenvalue weighted by Crippen LogP contribution is -2.48. The standard InChI is InChI=1S/C12H18ClN3O/c13-11-3-1-10(2-4-11)12(9-14)15-16-5-7-17-8-6-16/h1-4,12,15H,5-9,14H2. The zero-order chi connectivity index (χ0) is 12.1. The Hall–Kier alpha value is -0.650. The molecule has 1 atom stereocenters. The topological polar surface area (TPSA) is 50.5 Å². The highest BCUT2D eigenvalue weighted by Gasteiger charge is 2.16. The van der Waals surface area contributed by atoms with Gasteiger partial charge in [0.1, 0.15) is 0 Å². The fraction of sp³-hybridized carbons (Fsp3) is 0.500. The first kappa shape index (κ1) is 12.8. The molecular formula is C12H18ClN3O. The predicted molar refractivity (Wildman–Crippen MR) is 68.8 cm³/mol. The molecule has 1 aromatic rings. The summed E-state index contributed by atoms with van der Waals surface area (Å²) in [6.07, 6.45) is 0. The quantitative estimate of drug-likeness (QED) is 0.848. The Labute approximate surface area is 107 Å². The van der Waals surface area contributed by atoms with Crippen LogP contribution in [0.1, 0.15) is 11.6 Å². The van der Waals surface area contributed by atoms with Gasteiger partial charge in [-0.2, -0.15) is 0 Å². The second-order valence-corrected chi connectivity index (χ2v) is 4.50. The van der Waals surface area contributed by atoms with Crippen LogP contribution < -0.4 is 11.2 Å². The van der Waals surface area contributed by atoms with Gasteiger partial charge in [0.05, 0.1) is 19.3 Å². The van der Waals surface area contributed by atoms with Crippen molar-refractivity contribution in [3.8, 4) is 0 Å². The number of nitrogens with two attached hydrogens (primary N) is 1. The Bertz CT molecular complexity index is 338. The largest absolute Gasteiger partial charge is 0.379 e. The summed E-state index contributed by atoms with van der Waals surface area (Å²) < 4.78 is 5.31. The van der Waals surface area contributed by atoms with Crippen molar-refractivity contribution < 1.29 is 4.74 Å². The van der Waals surface area contributed by atoms with Crippen LogP contribution in [-0.2, 0) is 4.74 Å². The third-order valence-corrected chi connectivity index (χ3v) is 3.11. The summed E-state index contributed by atoms with van der Waals surface area (Å²) >= 11 is 5.87. The summed E-state index contributed by atoms with van der Waals surface area (Å²) in [7, 11) is 0. The number of hydrazine groups is 1. The van der Waals surface area contributed by atoms with E-state index in [1.807, 2.05) is 24.3 Å². The molecule has 0 saturated carbocycles. The van der Waals surface area contributed by atoms with Gasteiger partial charge in [0.25, 0.3) is 0 Å². The van der Waals surface area contributed by atoms with Crippen molar-refractivity contribution in [1.29, 1.82) is 0 Å². The van der Waals surface area contributed by atoms with E-state index in [2.05, 4.69) is 10.4 Å². The summed E-state index contributed by atoms with van der Waals surface area (Å²) in [4.78, 5) is 0. The van der Waals surface area contributed by atoms with E-state index >= 15 is 0 Å². The highest BCUT2D eigenvalue weighted by atomic mass is 35.5. The first-order valence-corrected chi connectivity index (χ1v) is 6.22. The van der Waals surface area contributed by atoms with Gasteiger partial charge in [0, 0.05) is 24.7 Å². The normalized spacial score (nSPS) is 19.2. The summed E-state index contributed by atoms with van der Waals surface area (Å²) in [5, 5.41) is 2.91. The Balaban J connectivity index is 1.97. The molecule has 1 aromatic carbocycles. The highest BCUT2D eigenvalue weighted by Crippen LogP contribution is 2.16. The number of rotatable bonds is 4. The molecule has 1 saturated heterocycles. The summed E-state index contributed by atoms with van der Waals surface area (Å²) in [6, 6.07) is 7.92. The third kappa shape index (κ3) is 3.66. The number of morpholine rings is 1. The molecule has 1 fully saturated rings. The summed E-state index contributed by atoms with van der Waals surface area (Å²) in [6.45, 7) is 3.88. The van der Waals surface area contributed by atoms with Crippen LogP contribution in [0.5, 0.6) is 0 Å². The number of nitrogens with one attached hydrogen (secondary N) is 1. The van der Waals surface area contributed by atoms with E-state index in [1.54, 1.807) is 0 Å². The molecule has 2 rings (SSSR count). The number of halogens is 1. The highest BCUT2D eigenvalue weighted by molar-refractivity contribution is 6.30. The van der Waals surface area contributed by atoms with Gasteiger partial charge in [-0.25, -0.2) is 10.4 Å². The van der Waals surface area contributed by atoms with Crippen molar-refractivity contribution in [2.24, 2.45) is 5.73 Å². The minimum atomic E-state index is 0.130. The molecule has 5 heteroatoms. The van der Waals surface area contributed by atoms with Gasteiger partial charge < -0.3 is 10.5 Å². The zero-order valence-electron chi connectivity index (χ0n) is 9.73. The second-order valence-electron chi connectivity index (χ2n) is 4.07. The Morgan fingerprint density at radius 2 is 1.94 bits per heavy atom. The van der Waals surface area contributed by atoms with Crippen LogP contribution in [0.2, 0.25) is 5.02 Å². The molecule has 0 spiro atoms. The molecule has 1 unspecified atom stereocenters. The van der Waals surface area contributed by atoms with Gasteiger partial charge in [0.15, 0.2) is 0 Å². The van der Waals surface area contributed by atoms with Gasteiger partial charge in [0.2, 0.25) is 0 Å². The zero-order valence-corrected chi connectivity index (χ0v) is 10.5. The molecule has 0 amide bonds. The van der Waals surface area contributed by atoms with E-state index in [0.29, 0.717) is 6.54 Å². The lowest BCUT2D eigenvalue weighted by Gasteiger charge is -2.31. The van der Waals surface area contributed by atoms with E-state index in [0.717, 1.165) is 36.9 Å². The average molecular weight is 256 g/mol. The van der Waals surface area contributed by atoms with Gasteiger partial charge in [-0.05, 0) is 17.7 Å². The molecule has 1 aliphatic rings. The van der Waals surface area contributed by atoms with Crippen LogP contribution in [0.3, 0.4) is 0 Å². The number of nitrogens with zero attached hydrogens (tertiary/aromatic N) is 1. The fourth-order valence-electron chi connectivity index (χ4n) is 1.87. The summed E-state index contributed by atoms with van der Waals surface area (Å²) in [5.41, 5.74) is 10.4. The van der Waals surface area contributed by atoms with Crippen molar-refractivity contribution in [2.45, 2.75) is 6.04 Å². The monoisotopic (exact) mass is 255 g/mol. The van der Waals surface area contributed by atoms with E-state index < -0.39 is 0 Å². The minimum Gasteiger partial charge on any atom is -0.379 e. The van der Waals surface area contributed by atoms with Crippen molar-refractivity contribution in [2.75, 3.05) is 32.8 Å². The smallest absolute Gasteiger partial charge is 0.0608 e. The molecule has 4 nitrogen and oxygen atoms in total. The van der Waals surface area contributed by atoms with Crippen LogP contribution >= 0.6 is 11.6 Å². The van der Waals surface area contributed by atoms with Gasteiger partial charge in [-0.15, -0.1) is 0 Å². The average Bonchev–Trinajstić information content (AvgIpc) is 2.38. The van der Waals surface area contributed by atoms with Gasteiger partial charge >= 0.3 is 0 Å². The first-order valence-electron chi connectivity index (χ1n) is 5.84. The lowest BCUT2D eigenvalue weighted by atomic mass is 10.1. The van der Waals surface area contributed by atoms with E-state index in [4.69, 9.17) is 22.1 Å². The van der Waals surface area contributed by atoms with Crippen molar-refractivity contribution >= 4 is 11.6 Å². The fourth-order valence-corrected chi connectivity index (χ4v) is 2.00. The second kappa shape index (κ2) is 6.33. The molecule has 0 aliphatic carbocycles. The summed E-state index contributed by atoms with van der Waals surface area (Å²) in [5.74, 6) is 0. The predicted octanol–water partition coefficient (Wildman–Crippen LogP) is 1.18. The third-order valence-electron chi connectivity index (χ3n) is 2.86. The Morgan fingerprint density at radius 3 is 2.53 bits per heavy atom. The molecule has 3 N–H and O–H groups in total. The van der Waals surface area contributed by atoms with Gasteiger partial charge in [-0.1, -0.05) is 23.7 Å². The lowest BCUT2D eigenvalue weighted by molar-refractivity contribution is 0.00405. The molecular weight excluding hydrogens is 238 g/mol. The van der Waals surface area contributed by atoms with Crippen LogP contribution in [-0.4, -0.2) is 37.9 Å². The van der Waals surface area contributed by atoms with E-state index in [1.165, 1.54) is 0 Å². The first-order chi connectivity index (χ1) is 8.29. The molecule has 0 aromatic heterocycles. The van der Waals surface area contributed by atoms with Crippen LogP contribution in [0.15, 0.2) is 24.3 Å². The molecule has 1 heterocycles. The van der Waals surface area contributed by atoms with Gasteiger partial charge in [-0.3, -0.25) is 0 Å². The van der Waals surface area contributed by atoms with Crippen molar-refractivity contribution in [3.63, 3.8) is 0 Å². The SMILES string of the molecule is NCC(NN1CCOCC1)c1ccc(Cl)cc1. The molecule has 0 bridgehead atoms. The van der Waals surface area contributed by atoms with E-state index in [9.17, 15) is 0 Å². The van der Waals surface area contributed by atoms with Crippen molar-refractivity contribution in [3.05, 3.63) is 34.9 Å². The maximum Gasteiger partial charge on any atom is 0.0608 e. The number of hydrogen-bond acceptors (Lipinski definition) is 4. The van der Waals surface area contributed by atoms with Crippen LogP contribution in [0.25, 0.3) is 0 Å². The number of ether oxygens (including phenoxy) is 1. The molecule has 17 heavy (non-hydrogen) atoms.